The minimum absolute atomic E-state index is 0.206. The highest BCUT2D eigenvalue weighted by Gasteiger charge is 2.31. The van der Waals surface area contributed by atoms with Gasteiger partial charge in [-0.1, -0.05) is 71.9 Å². The molecule has 2 nitrogen and oxygen atoms in total. The second-order valence-corrected chi connectivity index (χ2v) is 11.0. The number of rotatable bonds is 6. The predicted octanol–water partition coefficient (Wildman–Crippen LogP) is 6.39. The molecule has 0 radical (unpaired) electrons. The highest BCUT2D eigenvalue weighted by molar-refractivity contribution is 5.76. The molecule has 1 atom stereocenters. The molecule has 1 aromatic carbocycles. The van der Waals surface area contributed by atoms with Crippen molar-refractivity contribution < 1.29 is 4.79 Å². The van der Waals surface area contributed by atoms with Crippen molar-refractivity contribution in [1.29, 1.82) is 0 Å². The molecule has 1 saturated carbocycles. The van der Waals surface area contributed by atoms with Crippen LogP contribution in [0.5, 0.6) is 0 Å². The van der Waals surface area contributed by atoms with Crippen LogP contribution in [-0.2, 0) is 11.2 Å². The lowest BCUT2D eigenvalue weighted by Crippen LogP contribution is -2.40. The third-order valence-electron chi connectivity index (χ3n) is 6.09. The van der Waals surface area contributed by atoms with Crippen molar-refractivity contribution in [2.75, 3.05) is 0 Å². The molecule has 0 spiro atoms. The van der Waals surface area contributed by atoms with Gasteiger partial charge >= 0.3 is 0 Å². The summed E-state index contributed by atoms with van der Waals surface area (Å²) in [6.07, 6.45) is 7.58. The Hall–Kier alpha value is -1.31. The van der Waals surface area contributed by atoms with Crippen molar-refractivity contribution in [2.45, 2.75) is 92.5 Å². The van der Waals surface area contributed by atoms with E-state index in [-0.39, 0.29) is 17.4 Å². The average Bonchev–Trinajstić information content (AvgIpc) is 2.53. The predicted molar refractivity (Wildman–Crippen MR) is 116 cm³/mol. The van der Waals surface area contributed by atoms with Crippen LogP contribution in [0.1, 0.15) is 85.6 Å². The first-order valence-corrected chi connectivity index (χ1v) is 10.9. The highest BCUT2D eigenvalue weighted by Crippen LogP contribution is 2.40. The molecular formula is C25H41NO. The van der Waals surface area contributed by atoms with E-state index in [1.807, 2.05) is 0 Å². The molecule has 1 aliphatic carbocycles. The van der Waals surface area contributed by atoms with Crippen molar-refractivity contribution in [3.05, 3.63) is 35.9 Å². The SMILES string of the molecule is CC(C)(C)CC(Cc1ccccc1)NC(=O)CC1CCC(C(C)(C)C)CC1. The smallest absolute Gasteiger partial charge is 0.220 e. The maximum absolute atomic E-state index is 12.8. The Balaban J connectivity index is 1.88. The standard InChI is InChI=1S/C25H41NO/c1-24(2,3)18-22(16-19-10-8-7-9-11-19)26-23(27)17-20-12-14-21(15-13-20)25(4,5)6/h7-11,20-22H,12-18H2,1-6H3,(H,26,27). The van der Waals surface area contributed by atoms with Gasteiger partial charge in [0.1, 0.15) is 0 Å². The summed E-state index contributed by atoms with van der Waals surface area (Å²) in [5.74, 6) is 1.62. The van der Waals surface area contributed by atoms with Crippen molar-refractivity contribution >= 4 is 5.91 Å². The van der Waals surface area contributed by atoms with Crippen molar-refractivity contribution in [3.8, 4) is 0 Å². The Morgan fingerprint density at radius 2 is 1.59 bits per heavy atom. The fraction of sp³-hybridized carbons (Fsp3) is 0.720. The van der Waals surface area contributed by atoms with E-state index in [2.05, 4.69) is 77.2 Å². The molecule has 1 amide bonds. The Labute approximate surface area is 167 Å². The van der Waals surface area contributed by atoms with Gasteiger partial charge in [-0.25, -0.2) is 0 Å². The molecule has 1 aromatic rings. The minimum Gasteiger partial charge on any atom is -0.353 e. The summed E-state index contributed by atoms with van der Waals surface area (Å²) >= 11 is 0. The van der Waals surface area contributed by atoms with Crippen LogP contribution in [0, 0.1) is 22.7 Å². The van der Waals surface area contributed by atoms with Crippen LogP contribution in [0.3, 0.4) is 0 Å². The van der Waals surface area contributed by atoms with Gasteiger partial charge in [0.2, 0.25) is 5.91 Å². The molecule has 1 fully saturated rings. The number of hydrogen-bond acceptors (Lipinski definition) is 1. The number of amides is 1. The van der Waals surface area contributed by atoms with Gasteiger partial charge in [0.25, 0.3) is 0 Å². The van der Waals surface area contributed by atoms with E-state index in [0.29, 0.717) is 17.8 Å². The summed E-state index contributed by atoms with van der Waals surface area (Å²) in [7, 11) is 0. The highest BCUT2D eigenvalue weighted by atomic mass is 16.1. The van der Waals surface area contributed by atoms with Crippen LogP contribution in [0.25, 0.3) is 0 Å². The lowest BCUT2D eigenvalue weighted by Gasteiger charge is -2.37. The second-order valence-electron chi connectivity index (χ2n) is 11.0. The fourth-order valence-corrected chi connectivity index (χ4v) is 4.59. The van der Waals surface area contributed by atoms with Crippen LogP contribution in [-0.4, -0.2) is 11.9 Å². The topological polar surface area (TPSA) is 29.1 Å². The zero-order valence-electron chi connectivity index (χ0n) is 18.5. The van der Waals surface area contributed by atoms with Gasteiger partial charge in [0.15, 0.2) is 0 Å². The van der Waals surface area contributed by atoms with E-state index in [1.165, 1.54) is 31.2 Å². The van der Waals surface area contributed by atoms with E-state index >= 15 is 0 Å². The Morgan fingerprint density at radius 1 is 1.00 bits per heavy atom. The molecule has 0 bridgehead atoms. The van der Waals surface area contributed by atoms with Gasteiger partial charge in [-0.2, -0.15) is 0 Å². The maximum atomic E-state index is 12.8. The summed E-state index contributed by atoms with van der Waals surface area (Å²) in [5.41, 5.74) is 1.91. The molecule has 27 heavy (non-hydrogen) atoms. The Kier molecular flexibility index (Phi) is 7.54. The summed E-state index contributed by atoms with van der Waals surface area (Å²) in [5, 5.41) is 3.37. The van der Waals surface area contributed by atoms with Crippen molar-refractivity contribution in [2.24, 2.45) is 22.7 Å². The molecule has 1 aliphatic rings. The number of hydrogen-bond donors (Lipinski definition) is 1. The van der Waals surface area contributed by atoms with Crippen molar-refractivity contribution in [3.63, 3.8) is 0 Å². The lowest BCUT2D eigenvalue weighted by molar-refractivity contribution is -0.123. The zero-order chi connectivity index (χ0) is 20.1. The quantitative estimate of drug-likeness (QED) is 0.616. The third kappa shape index (κ3) is 8.07. The monoisotopic (exact) mass is 371 g/mol. The van der Waals surface area contributed by atoms with Gasteiger partial charge in [0.05, 0.1) is 0 Å². The van der Waals surface area contributed by atoms with Gasteiger partial charge in [-0.05, 0) is 66.8 Å². The number of benzene rings is 1. The zero-order valence-corrected chi connectivity index (χ0v) is 18.5. The molecule has 2 rings (SSSR count). The van der Waals surface area contributed by atoms with Crippen LogP contribution in [0.15, 0.2) is 30.3 Å². The summed E-state index contributed by atoms with van der Waals surface area (Å²) in [4.78, 5) is 12.8. The summed E-state index contributed by atoms with van der Waals surface area (Å²) < 4.78 is 0. The Morgan fingerprint density at radius 3 is 2.11 bits per heavy atom. The number of nitrogens with one attached hydrogen (secondary N) is 1. The first-order chi connectivity index (χ1) is 12.5. The van der Waals surface area contributed by atoms with E-state index < -0.39 is 0 Å². The third-order valence-corrected chi connectivity index (χ3v) is 6.09. The van der Waals surface area contributed by atoms with Crippen LogP contribution < -0.4 is 5.32 Å². The lowest BCUT2D eigenvalue weighted by atomic mass is 9.69. The average molecular weight is 372 g/mol. The fourth-order valence-electron chi connectivity index (χ4n) is 4.59. The van der Waals surface area contributed by atoms with E-state index in [9.17, 15) is 4.79 Å². The van der Waals surface area contributed by atoms with E-state index in [0.717, 1.165) is 18.8 Å². The largest absolute Gasteiger partial charge is 0.353 e. The molecule has 152 valence electrons. The number of carbonyl (C=O) groups is 1. The summed E-state index contributed by atoms with van der Waals surface area (Å²) in [6, 6.07) is 10.8. The van der Waals surface area contributed by atoms with Crippen LogP contribution in [0.2, 0.25) is 0 Å². The van der Waals surface area contributed by atoms with E-state index in [1.54, 1.807) is 0 Å². The molecule has 1 N–H and O–H groups in total. The molecular weight excluding hydrogens is 330 g/mol. The molecule has 0 saturated heterocycles. The number of carbonyl (C=O) groups excluding carboxylic acids is 1. The molecule has 0 aromatic heterocycles. The summed E-state index contributed by atoms with van der Waals surface area (Å²) in [6.45, 7) is 13.8. The van der Waals surface area contributed by atoms with Gasteiger partial charge in [-0.15, -0.1) is 0 Å². The normalized spacial score (nSPS) is 22.3. The van der Waals surface area contributed by atoms with Crippen LogP contribution in [0.4, 0.5) is 0 Å². The molecule has 0 aliphatic heterocycles. The van der Waals surface area contributed by atoms with Gasteiger partial charge in [-0.3, -0.25) is 4.79 Å². The first kappa shape index (κ1) is 22.0. The molecule has 0 heterocycles. The Bertz CT molecular complexity index is 571. The maximum Gasteiger partial charge on any atom is 0.220 e. The molecule has 1 unspecified atom stereocenters. The minimum atomic E-state index is 0.206. The first-order valence-electron chi connectivity index (χ1n) is 10.9. The van der Waals surface area contributed by atoms with Gasteiger partial charge < -0.3 is 5.32 Å². The second kappa shape index (κ2) is 9.26. The van der Waals surface area contributed by atoms with Crippen molar-refractivity contribution in [1.82, 2.24) is 5.32 Å². The van der Waals surface area contributed by atoms with E-state index in [4.69, 9.17) is 0 Å². The molecule has 2 heteroatoms. The van der Waals surface area contributed by atoms with Gasteiger partial charge in [0, 0.05) is 12.5 Å². The van der Waals surface area contributed by atoms with Crippen LogP contribution >= 0.6 is 0 Å².